The van der Waals surface area contributed by atoms with Crippen LogP contribution in [0.1, 0.15) is 33.9 Å². The van der Waals surface area contributed by atoms with Crippen LogP contribution in [0.4, 0.5) is 11.4 Å². The molecule has 0 saturated carbocycles. The van der Waals surface area contributed by atoms with Gasteiger partial charge in [-0.1, -0.05) is 91.0 Å². The van der Waals surface area contributed by atoms with Crippen LogP contribution in [0.5, 0.6) is 0 Å². The van der Waals surface area contributed by atoms with Gasteiger partial charge in [-0.05, 0) is 58.9 Å². The van der Waals surface area contributed by atoms with Gasteiger partial charge in [0.05, 0.1) is 11.4 Å². The number of carbonyl (C=O) groups excluding carboxylic acids is 2. The molecule has 0 aromatic heterocycles. The number of hydrogen-bond acceptors (Lipinski definition) is 4. The molecule has 0 spiro atoms. The Hall–Kier alpha value is -4.68. The largest absolute Gasteiger partial charge is 0.397 e. The fraction of sp³-hybridized carbons (Fsp3) is 0.152. The van der Waals surface area contributed by atoms with Crippen molar-refractivity contribution in [2.24, 2.45) is 0 Å². The highest BCUT2D eigenvalue weighted by molar-refractivity contribution is 6.03. The highest BCUT2D eigenvalue weighted by Crippen LogP contribution is 2.25. The number of hydrogen-bond donors (Lipinski definition) is 4. The smallest absolute Gasteiger partial charge is 0.248 e. The van der Waals surface area contributed by atoms with Gasteiger partial charge in [0.2, 0.25) is 11.8 Å². The van der Waals surface area contributed by atoms with Crippen LogP contribution >= 0.6 is 0 Å². The fourth-order valence-electron chi connectivity index (χ4n) is 4.88. The lowest BCUT2D eigenvalue weighted by molar-refractivity contribution is -0.123. The Morgan fingerprint density at radius 3 is 2.15 bits per heavy atom. The third-order valence-electron chi connectivity index (χ3n) is 6.94. The summed E-state index contributed by atoms with van der Waals surface area (Å²) < 4.78 is 0. The van der Waals surface area contributed by atoms with E-state index in [1.807, 2.05) is 66.7 Å². The SMILES string of the molecule is Nc1ccccc1NC(=O)/C=C/c1ccc(C(NC2Cc3ccccc3C2)C(=O)NCc2ccccc2)cc1. The van der Waals surface area contributed by atoms with E-state index in [0.717, 1.165) is 29.5 Å². The summed E-state index contributed by atoms with van der Waals surface area (Å²) in [5.74, 6) is -0.337. The molecule has 0 bridgehead atoms. The van der Waals surface area contributed by atoms with E-state index >= 15 is 0 Å². The van der Waals surface area contributed by atoms with Gasteiger partial charge in [-0.15, -0.1) is 0 Å². The third kappa shape index (κ3) is 6.80. The Morgan fingerprint density at radius 2 is 1.46 bits per heavy atom. The van der Waals surface area contributed by atoms with Gasteiger partial charge < -0.3 is 16.4 Å². The molecule has 5 N–H and O–H groups in total. The van der Waals surface area contributed by atoms with Crippen LogP contribution in [0.15, 0.2) is 109 Å². The summed E-state index contributed by atoms with van der Waals surface area (Å²) in [6, 6.07) is 32.8. The first kappa shape index (κ1) is 25.9. The number of carbonyl (C=O) groups is 2. The van der Waals surface area contributed by atoms with Crippen molar-refractivity contribution in [2.75, 3.05) is 11.1 Å². The van der Waals surface area contributed by atoms with Crippen LogP contribution in [-0.4, -0.2) is 17.9 Å². The van der Waals surface area contributed by atoms with Gasteiger partial charge >= 0.3 is 0 Å². The summed E-state index contributed by atoms with van der Waals surface area (Å²) in [5, 5.41) is 9.49. The molecule has 0 aliphatic heterocycles. The van der Waals surface area contributed by atoms with Gasteiger partial charge in [0.15, 0.2) is 0 Å². The molecule has 4 aromatic carbocycles. The molecule has 4 aromatic rings. The minimum atomic E-state index is -0.504. The number of amides is 2. The normalized spacial score (nSPS) is 13.6. The van der Waals surface area contributed by atoms with Crippen LogP contribution in [0.2, 0.25) is 0 Å². The van der Waals surface area contributed by atoms with E-state index < -0.39 is 6.04 Å². The molecule has 39 heavy (non-hydrogen) atoms. The molecule has 6 nitrogen and oxygen atoms in total. The van der Waals surface area contributed by atoms with Crippen LogP contribution in [-0.2, 0) is 29.0 Å². The van der Waals surface area contributed by atoms with Crippen LogP contribution in [0, 0.1) is 0 Å². The van der Waals surface area contributed by atoms with Crippen molar-refractivity contribution in [1.29, 1.82) is 0 Å². The number of nitrogens with one attached hydrogen (secondary N) is 3. The highest BCUT2D eigenvalue weighted by Gasteiger charge is 2.28. The maximum absolute atomic E-state index is 13.4. The van der Waals surface area contributed by atoms with Gasteiger partial charge in [-0.25, -0.2) is 0 Å². The number of para-hydroxylation sites is 2. The predicted molar refractivity (Wildman–Crippen MR) is 157 cm³/mol. The van der Waals surface area contributed by atoms with Crippen molar-refractivity contribution >= 4 is 29.3 Å². The molecule has 0 fully saturated rings. The minimum absolute atomic E-state index is 0.0714. The van der Waals surface area contributed by atoms with Crippen LogP contribution < -0.4 is 21.7 Å². The van der Waals surface area contributed by atoms with Crippen molar-refractivity contribution < 1.29 is 9.59 Å². The van der Waals surface area contributed by atoms with Crippen molar-refractivity contribution in [2.45, 2.75) is 31.5 Å². The monoisotopic (exact) mass is 516 g/mol. The highest BCUT2D eigenvalue weighted by atomic mass is 16.2. The summed E-state index contributed by atoms with van der Waals surface area (Å²) in [5.41, 5.74) is 12.4. The van der Waals surface area contributed by atoms with E-state index in [4.69, 9.17) is 5.73 Å². The van der Waals surface area contributed by atoms with E-state index in [2.05, 4.69) is 40.2 Å². The lowest BCUT2D eigenvalue weighted by atomic mass is 10.0. The summed E-state index contributed by atoms with van der Waals surface area (Å²) in [7, 11) is 0. The second kappa shape index (κ2) is 12.2. The zero-order valence-corrected chi connectivity index (χ0v) is 21.6. The number of nitrogen functional groups attached to an aromatic ring is 1. The van der Waals surface area contributed by atoms with E-state index in [-0.39, 0.29) is 17.9 Å². The van der Waals surface area contributed by atoms with Gasteiger partial charge in [-0.2, -0.15) is 0 Å². The lowest BCUT2D eigenvalue weighted by Gasteiger charge is -2.23. The molecule has 0 radical (unpaired) electrons. The Morgan fingerprint density at radius 1 is 0.821 bits per heavy atom. The quantitative estimate of drug-likeness (QED) is 0.185. The third-order valence-corrected chi connectivity index (χ3v) is 6.94. The predicted octanol–water partition coefficient (Wildman–Crippen LogP) is 5.04. The van der Waals surface area contributed by atoms with E-state index in [1.54, 1.807) is 18.2 Å². The molecule has 5 rings (SSSR count). The molecule has 1 unspecified atom stereocenters. The summed E-state index contributed by atoms with van der Waals surface area (Å²) >= 11 is 0. The summed E-state index contributed by atoms with van der Waals surface area (Å²) in [4.78, 5) is 25.8. The maximum Gasteiger partial charge on any atom is 0.248 e. The Labute approximate surface area is 229 Å². The fourth-order valence-corrected chi connectivity index (χ4v) is 4.88. The molecule has 6 heteroatoms. The van der Waals surface area contributed by atoms with Crippen molar-refractivity contribution in [3.63, 3.8) is 0 Å². The van der Waals surface area contributed by atoms with Gasteiger partial charge in [-0.3, -0.25) is 14.9 Å². The number of fused-ring (bicyclic) bond motifs is 1. The molecule has 1 aliphatic rings. The van der Waals surface area contributed by atoms with Crippen molar-refractivity contribution in [1.82, 2.24) is 10.6 Å². The van der Waals surface area contributed by atoms with Crippen molar-refractivity contribution in [3.05, 3.63) is 137 Å². The van der Waals surface area contributed by atoms with Gasteiger partial charge in [0.25, 0.3) is 0 Å². The topological polar surface area (TPSA) is 96.2 Å². The average molecular weight is 517 g/mol. The zero-order chi connectivity index (χ0) is 27.0. The second-order valence-electron chi connectivity index (χ2n) is 9.75. The molecular weight excluding hydrogens is 484 g/mol. The van der Waals surface area contributed by atoms with E-state index in [1.165, 1.54) is 17.2 Å². The zero-order valence-electron chi connectivity index (χ0n) is 21.6. The molecule has 2 amide bonds. The Bertz CT molecular complexity index is 1440. The Balaban J connectivity index is 1.28. The Kier molecular flexibility index (Phi) is 8.15. The van der Waals surface area contributed by atoms with Gasteiger partial charge in [0.1, 0.15) is 6.04 Å². The van der Waals surface area contributed by atoms with Gasteiger partial charge in [0, 0.05) is 18.7 Å². The first-order valence-corrected chi connectivity index (χ1v) is 13.1. The molecule has 1 aliphatic carbocycles. The molecule has 0 saturated heterocycles. The summed E-state index contributed by atoms with van der Waals surface area (Å²) in [6.07, 6.45) is 4.99. The van der Waals surface area contributed by atoms with Crippen molar-refractivity contribution in [3.8, 4) is 0 Å². The van der Waals surface area contributed by atoms with Crippen LogP contribution in [0.25, 0.3) is 6.08 Å². The molecule has 0 heterocycles. The minimum Gasteiger partial charge on any atom is -0.397 e. The lowest BCUT2D eigenvalue weighted by Crippen LogP contribution is -2.42. The first-order chi connectivity index (χ1) is 19.0. The maximum atomic E-state index is 13.4. The molecule has 196 valence electrons. The van der Waals surface area contributed by atoms with Crippen LogP contribution in [0.3, 0.4) is 0 Å². The summed E-state index contributed by atoms with van der Waals surface area (Å²) in [6.45, 7) is 0.463. The second-order valence-corrected chi connectivity index (χ2v) is 9.75. The molecular formula is C33H32N4O2. The van der Waals surface area contributed by atoms with E-state index in [9.17, 15) is 9.59 Å². The number of benzene rings is 4. The standard InChI is InChI=1S/C33H32N4O2/c34-29-12-6-7-13-30(29)37-31(38)19-16-23-14-17-25(18-15-23)32(33(39)35-22-24-8-2-1-3-9-24)36-28-20-26-10-4-5-11-27(26)21-28/h1-19,28,32,36H,20-22,34H2,(H,35,39)(H,37,38)/b19-16+. The average Bonchev–Trinajstić information content (AvgIpc) is 3.38. The number of rotatable bonds is 9. The first-order valence-electron chi connectivity index (χ1n) is 13.1. The van der Waals surface area contributed by atoms with E-state index in [0.29, 0.717) is 17.9 Å². The molecule has 1 atom stereocenters. The number of nitrogens with two attached hydrogens (primary N) is 1. The number of anilines is 2.